The average molecular weight is 178 g/mol. The van der Waals surface area contributed by atoms with Crippen LogP contribution in [0.4, 0.5) is 0 Å². The van der Waals surface area contributed by atoms with Gasteiger partial charge in [0.1, 0.15) is 6.07 Å². The number of hydrogen-bond donors (Lipinski definition) is 0. The topological polar surface area (TPSA) is 23.8 Å². The van der Waals surface area contributed by atoms with E-state index in [0.29, 0.717) is 16.5 Å². The van der Waals surface area contributed by atoms with E-state index in [1.807, 2.05) is 12.1 Å². The highest BCUT2D eigenvalue weighted by Crippen LogP contribution is 2.42. The van der Waals surface area contributed by atoms with Crippen molar-refractivity contribution in [1.82, 2.24) is 0 Å². The fraction of sp³-hybridized carbons (Fsp3) is 0.300. The van der Waals surface area contributed by atoms with Crippen LogP contribution in [-0.4, -0.2) is 0 Å². The molecule has 0 bridgehead atoms. The molecule has 0 unspecified atom stereocenters. The smallest absolute Gasteiger partial charge is 0.101 e. The van der Waals surface area contributed by atoms with Gasteiger partial charge in [-0.25, -0.2) is 0 Å². The monoisotopic (exact) mass is 177 g/mol. The van der Waals surface area contributed by atoms with Crippen molar-refractivity contribution >= 4 is 11.6 Å². The van der Waals surface area contributed by atoms with E-state index in [1.165, 1.54) is 12.8 Å². The quantitative estimate of drug-likeness (QED) is 0.647. The van der Waals surface area contributed by atoms with Crippen LogP contribution >= 0.6 is 11.6 Å². The van der Waals surface area contributed by atoms with Gasteiger partial charge in [-0.15, -0.1) is 0 Å². The van der Waals surface area contributed by atoms with Gasteiger partial charge in [-0.3, -0.25) is 0 Å². The van der Waals surface area contributed by atoms with Gasteiger partial charge in [-0.2, -0.15) is 5.26 Å². The molecule has 60 valence electrons. The Morgan fingerprint density at radius 1 is 1.42 bits per heavy atom. The van der Waals surface area contributed by atoms with Gasteiger partial charge in [0.15, 0.2) is 0 Å². The number of benzene rings is 1. The third-order valence-electron chi connectivity index (χ3n) is 2.17. The first-order valence-corrected chi connectivity index (χ1v) is 4.39. The molecular formula is C10H8ClN. The first-order chi connectivity index (χ1) is 5.83. The predicted molar refractivity (Wildman–Crippen MR) is 48.1 cm³/mol. The zero-order valence-corrected chi connectivity index (χ0v) is 7.30. The molecule has 1 fully saturated rings. The van der Waals surface area contributed by atoms with Crippen molar-refractivity contribution in [1.29, 1.82) is 5.26 Å². The van der Waals surface area contributed by atoms with Crippen LogP contribution in [0, 0.1) is 11.3 Å². The predicted octanol–water partition coefficient (Wildman–Crippen LogP) is 3.09. The zero-order valence-electron chi connectivity index (χ0n) is 6.55. The third kappa shape index (κ3) is 1.19. The lowest BCUT2D eigenvalue weighted by molar-refractivity contribution is 1.12. The molecule has 0 radical (unpaired) electrons. The lowest BCUT2D eigenvalue weighted by Crippen LogP contribution is -1.86. The van der Waals surface area contributed by atoms with E-state index in [9.17, 15) is 0 Å². The minimum absolute atomic E-state index is 0.585. The molecule has 0 heterocycles. The molecule has 0 atom stereocenters. The van der Waals surface area contributed by atoms with E-state index in [2.05, 4.69) is 6.07 Å². The Bertz CT molecular complexity index is 347. The molecule has 0 aromatic heterocycles. The van der Waals surface area contributed by atoms with E-state index >= 15 is 0 Å². The van der Waals surface area contributed by atoms with Crippen LogP contribution in [0.15, 0.2) is 18.2 Å². The Labute approximate surface area is 76.6 Å². The molecule has 1 saturated carbocycles. The van der Waals surface area contributed by atoms with Gasteiger partial charge in [0.05, 0.1) is 10.6 Å². The van der Waals surface area contributed by atoms with Crippen molar-refractivity contribution in [3.8, 4) is 6.07 Å². The maximum absolute atomic E-state index is 8.84. The molecule has 0 amide bonds. The Morgan fingerprint density at radius 2 is 2.17 bits per heavy atom. The fourth-order valence-electron chi connectivity index (χ4n) is 1.39. The second kappa shape index (κ2) is 2.80. The molecule has 1 nitrogen and oxygen atoms in total. The Balaban J connectivity index is 2.53. The number of rotatable bonds is 1. The number of nitrogens with zero attached hydrogens (tertiary/aromatic N) is 1. The molecule has 0 N–H and O–H groups in total. The molecule has 2 heteroatoms. The van der Waals surface area contributed by atoms with Gasteiger partial charge in [-0.1, -0.05) is 23.7 Å². The van der Waals surface area contributed by atoms with E-state index in [-0.39, 0.29) is 0 Å². The van der Waals surface area contributed by atoms with Crippen LogP contribution in [0.3, 0.4) is 0 Å². The highest BCUT2D eigenvalue weighted by atomic mass is 35.5. The summed E-state index contributed by atoms with van der Waals surface area (Å²) in [4.78, 5) is 0. The first-order valence-electron chi connectivity index (χ1n) is 4.01. The second-order valence-corrected chi connectivity index (χ2v) is 3.50. The summed E-state index contributed by atoms with van der Waals surface area (Å²) in [5.74, 6) is 0.596. The summed E-state index contributed by atoms with van der Waals surface area (Å²) in [6.45, 7) is 0. The summed E-state index contributed by atoms with van der Waals surface area (Å²) in [7, 11) is 0. The summed E-state index contributed by atoms with van der Waals surface area (Å²) in [6, 6.07) is 7.84. The van der Waals surface area contributed by atoms with Gasteiger partial charge in [0, 0.05) is 0 Å². The van der Waals surface area contributed by atoms with Crippen LogP contribution < -0.4 is 0 Å². The van der Waals surface area contributed by atoms with Crippen LogP contribution in [-0.2, 0) is 0 Å². The number of halogens is 1. The van der Waals surface area contributed by atoms with Crippen LogP contribution in [0.25, 0.3) is 0 Å². The van der Waals surface area contributed by atoms with E-state index in [0.717, 1.165) is 5.56 Å². The normalized spacial score (nSPS) is 15.7. The summed E-state index contributed by atoms with van der Waals surface area (Å²) in [6.07, 6.45) is 2.41. The first kappa shape index (κ1) is 7.64. The van der Waals surface area contributed by atoms with E-state index in [4.69, 9.17) is 16.9 Å². The van der Waals surface area contributed by atoms with Crippen molar-refractivity contribution in [2.75, 3.05) is 0 Å². The van der Waals surface area contributed by atoms with Crippen LogP contribution in [0.2, 0.25) is 5.02 Å². The molecule has 1 aliphatic rings. The fourth-order valence-corrected chi connectivity index (χ4v) is 1.62. The highest BCUT2D eigenvalue weighted by molar-refractivity contribution is 6.31. The lowest BCUT2D eigenvalue weighted by atomic mass is 10.0. The summed E-state index contributed by atoms with van der Waals surface area (Å²) in [5.41, 5.74) is 1.80. The number of hydrogen-bond acceptors (Lipinski definition) is 1. The third-order valence-corrected chi connectivity index (χ3v) is 2.49. The van der Waals surface area contributed by atoms with E-state index in [1.54, 1.807) is 6.07 Å². The minimum Gasteiger partial charge on any atom is -0.192 e. The summed E-state index contributed by atoms with van der Waals surface area (Å²) >= 11 is 5.88. The van der Waals surface area contributed by atoms with Crippen molar-refractivity contribution in [2.24, 2.45) is 0 Å². The van der Waals surface area contributed by atoms with Crippen molar-refractivity contribution in [3.05, 3.63) is 34.3 Å². The van der Waals surface area contributed by atoms with E-state index < -0.39 is 0 Å². The number of nitriles is 1. The van der Waals surface area contributed by atoms with Crippen molar-refractivity contribution in [2.45, 2.75) is 18.8 Å². The molecular weight excluding hydrogens is 170 g/mol. The molecule has 1 aromatic rings. The second-order valence-electron chi connectivity index (χ2n) is 3.09. The van der Waals surface area contributed by atoms with Gasteiger partial charge in [-0.05, 0) is 30.4 Å². The molecule has 0 aliphatic heterocycles. The van der Waals surface area contributed by atoms with Crippen LogP contribution in [0.5, 0.6) is 0 Å². The Hall–Kier alpha value is -1.00. The van der Waals surface area contributed by atoms with Crippen molar-refractivity contribution < 1.29 is 0 Å². The lowest BCUT2D eigenvalue weighted by Gasteiger charge is -2.01. The van der Waals surface area contributed by atoms with Crippen LogP contribution in [0.1, 0.15) is 29.9 Å². The maximum Gasteiger partial charge on any atom is 0.101 e. The SMILES string of the molecule is N#Cc1c(Cl)cccc1C1CC1. The highest BCUT2D eigenvalue weighted by Gasteiger charge is 2.26. The van der Waals surface area contributed by atoms with Gasteiger partial charge in [0.2, 0.25) is 0 Å². The standard InChI is InChI=1S/C10H8ClN/c11-10-3-1-2-8(7-4-5-7)9(10)6-12/h1-3,7H,4-5H2. The molecule has 0 saturated heterocycles. The Morgan fingerprint density at radius 3 is 2.75 bits per heavy atom. The molecule has 2 rings (SSSR count). The summed E-state index contributed by atoms with van der Waals surface area (Å²) < 4.78 is 0. The Kier molecular flexibility index (Phi) is 1.78. The van der Waals surface area contributed by atoms with Gasteiger partial charge >= 0.3 is 0 Å². The zero-order chi connectivity index (χ0) is 8.55. The van der Waals surface area contributed by atoms with Gasteiger partial charge < -0.3 is 0 Å². The minimum atomic E-state index is 0.585. The molecule has 1 aromatic carbocycles. The molecule has 0 spiro atoms. The summed E-state index contributed by atoms with van der Waals surface area (Å²) in [5, 5.41) is 9.43. The molecule has 1 aliphatic carbocycles. The average Bonchev–Trinajstić information content (AvgIpc) is 2.86. The van der Waals surface area contributed by atoms with Gasteiger partial charge in [0.25, 0.3) is 0 Å². The maximum atomic E-state index is 8.84. The van der Waals surface area contributed by atoms with Crippen molar-refractivity contribution in [3.63, 3.8) is 0 Å². The largest absolute Gasteiger partial charge is 0.192 e. The molecule has 12 heavy (non-hydrogen) atoms.